The Kier molecular flexibility index (Phi) is 4.67. The van der Waals surface area contributed by atoms with Crippen molar-refractivity contribution in [3.05, 3.63) is 64.4 Å². The Morgan fingerprint density at radius 3 is 2.68 bits per heavy atom. The van der Waals surface area contributed by atoms with Gasteiger partial charge in [0.2, 0.25) is 0 Å². The number of para-hydroxylation sites is 1. The lowest BCUT2D eigenvalue weighted by Crippen LogP contribution is -2.04. The zero-order valence-electron chi connectivity index (χ0n) is 10.5. The maximum atomic E-state index is 13.6. The molecule has 1 nitrogen and oxygen atoms in total. The van der Waals surface area contributed by atoms with Crippen LogP contribution >= 0.6 is 23.2 Å². The number of nitrogens with one attached hydrogen (secondary N) is 1. The van der Waals surface area contributed by atoms with E-state index in [2.05, 4.69) is 5.32 Å². The smallest absolute Gasteiger partial charge is 0.128 e. The molecule has 1 atom stereocenters. The quantitative estimate of drug-likeness (QED) is 0.746. The SMILES string of the molecule is CC(Cl)c1ccccc1NCc1cc(Cl)ccc1F. The zero-order valence-corrected chi connectivity index (χ0v) is 12.0. The zero-order chi connectivity index (χ0) is 13.8. The third-order valence-corrected chi connectivity index (χ3v) is 3.34. The number of anilines is 1. The van der Waals surface area contributed by atoms with Crippen molar-refractivity contribution >= 4 is 28.9 Å². The fourth-order valence-electron chi connectivity index (χ4n) is 1.87. The number of benzene rings is 2. The van der Waals surface area contributed by atoms with Crippen LogP contribution in [0.1, 0.15) is 23.4 Å². The van der Waals surface area contributed by atoms with Gasteiger partial charge in [-0.3, -0.25) is 0 Å². The van der Waals surface area contributed by atoms with Gasteiger partial charge in [-0.25, -0.2) is 4.39 Å². The summed E-state index contributed by atoms with van der Waals surface area (Å²) in [6, 6.07) is 12.3. The minimum atomic E-state index is -0.270. The van der Waals surface area contributed by atoms with Crippen LogP contribution in [0.3, 0.4) is 0 Å². The van der Waals surface area contributed by atoms with Crippen molar-refractivity contribution in [3.63, 3.8) is 0 Å². The lowest BCUT2D eigenvalue weighted by Gasteiger charge is -2.14. The van der Waals surface area contributed by atoms with E-state index >= 15 is 0 Å². The minimum absolute atomic E-state index is 0.104. The van der Waals surface area contributed by atoms with Gasteiger partial charge < -0.3 is 5.32 Å². The monoisotopic (exact) mass is 297 g/mol. The van der Waals surface area contributed by atoms with Crippen LogP contribution in [0.5, 0.6) is 0 Å². The van der Waals surface area contributed by atoms with Crippen molar-refractivity contribution in [2.45, 2.75) is 18.8 Å². The summed E-state index contributed by atoms with van der Waals surface area (Å²) in [7, 11) is 0. The second-order valence-electron chi connectivity index (χ2n) is 4.29. The average molecular weight is 298 g/mol. The van der Waals surface area contributed by atoms with E-state index in [1.165, 1.54) is 12.1 Å². The van der Waals surface area contributed by atoms with Crippen LogP contribution in [0.4, 0.5) is 10.1 Å². The molecule has 2 aromatic carbocycles. The van der Waals surface area contributed by atoms with Crippen LogP contribution in [0.2, 0.25) is 5.02 Å². The third kappa shape index (κ3) is 3.62. The molecule has 0 aromatic heterocycles. The molecule has 0 saturated carbocycles. The number of hydrogen-bond donors (Lipinski definition) is 1. The third-order valence-electron chi connectivity index (χ3n) is 2.87. The van der Waals surface area contributed by atoms with Gasteiger partial charge in [0, 0.05) is 22.8 Å². The second-order valence-corrected chi connectivity index (χ2v) is 5.38. The molecule has 0 spiro atoms. The molecule has 1 N–H and O–H groups in total. The van der Waals surface area contributed by atoms with Crippen LogP contribution in [-0.2, 0) is 6.54 Å². The molecule has 0 aliphatic heterocycles. The first kappa shape index (κ1) is 14.2. The Bertz CT molecular complexity index is 570. The molecule has 0 bridgehead atoms. The van der Waals surface area contributed by atoms with Gasteiger partial charge in [-0.05, 0) is 36.8 Å². The molecule has 0 heterocycles. The van der Waals surface area contributed by atoms with Gasteiger partial charge in [0.15, 0.2) is 0 Å². The Morgan fingerprint density at radius 2 is 1.95 bits per heavy atom. The first-order chi connectivity index (χ1) is 9.08. The summed E-state index contributed by atoms with van der Waals surface area (Å²) in [4.78, 5) is 0. The highest BCUT2D eigenvalue weighted by Gasteiger charge is 2.08. The number of halogens is 3. The minimum Gasteiger partial charge on any atom is -0.381 e. The van der Waals surface area contributed by atoms with Crippen molar-refractivity contribution < 1.29 is 4.39 Å². The van der Waals surface area contributed by atoms with E-state index in [1.54, 1.807) is 6.07 Å². The second kappa shape index (κ2) is 6.27. The van der Waals surface area contributed by atoms with E-state index in [-0.39, 0.29) is 11.2 Å². The van der Waals surface area contributed by atoms with Crippen LogP contribution in [-0.4, -0.2) is 0 Å². The summed E-state index contributed by atoms with van der Waals surface area (Å²) in [5, 5.41) is 3.62. The van der Waals surface area contributed by atoms with Crippen LogP contribution in [0, 0.1) is 5.82 Å². The predicted molar refractivity (Wildman–Crippen MR) is 79.4 cm³/mol. The molecule has 0 fully saturated rings. The van der Waals surface area contributed by atoms with Gasteiger partial charge in [-0.1, -0.05) is 29.8 Å². The highest BCUT2D eigenvalue weighted by atomic mass is 35.5. The molecule has 2 rings (SSSR count). The highest BCUT2D eigenvalue weighted by Crippen LogP contribution is 2.27. The van der Waals surface area contributed by atoms with Gasteiger partial charge in [-0.2, -0.15) is 0 Å². The molecule has 19 heavy (non-hydrogen) atoms. The summed E-state index contributed by atoms with van der Waals surface area (Å²) in [5.74, 6) is -0.270. The van der Waals surface area contributed by atoms with Crippen molar-refractivity contribution in [3.8, 4) is 0 Å². The molecular formula is C15H14Cl2FN. The van der Waals surface area contributed by atoms with E-state index in [0.29, 0.717) is 17.1 Å². The Balaban J connectivity index is 2.17. The topological polar surface area (TPSA) is 12.0 Å². The molecule has 0 saturated heterocycles. The van der Waals surface area contributed by atoms with E-state index < -0.39 is 0 Å². The number of alkyl halides is 1. The molecule has 0 aliphatic carbocycles. The maximum absolute atomic E-state index is 13.6. The molecule has 0 aliphatic rings. The molecule has 1 unspecified atom stereocenters. The Hall–Kier alpha value is -1.25. The van der Waals surface area contributed by atoms with Crippen molar-refractivity contribution in [2.24, 2.45) is 0 Å². The lowest BCUT2D eigenvalue weighted by molar-refractivity contribution is 0.613. The largest absolute Gasteiger partial charge is 0.381 e. The molecule has 0 radical (unpaired) electrons. The van der Waals surface area contributed by atoms with Gasteiger partial charge in [0.05, 0.1) is 5.38 Å². The molecule has 4 heteroatoms. The summed E-state index contributed by atoms with van der Waals surface area (Å²) in [5.41, 5.74) is 2.43. The molecule has 0 amide bonds. The fourth-order valence-corrected chi connectivity index (χ4v) is 2.26. The molecule has 2 aromatic rings. The summed E-state index contributed by atoms with van der Waals surface area (Å²) < 4.78 is 13.6. The maximum Gasteiger partial charge on any atom is 0.128 e. The normalized spacial score (nSPS) is 12.2. The van der Waals surface area contributed by atoms with E-state index in [4.69, 9.17) is 23.2 Å². The Labute approximate surface area is 122 Å². The van der Waals surface area contributed by atoms with E-state index in [9.17, 15) is 4.39 Å². The summed E-state index contributed by atoms with van der Waals surface area (Å²) >= 11 is 12.0. The van der Waals surface area contributed by atoms with Crippen LogP contribution in [0.25, 0.3) is 0 Å². The number of rotatable bonds is 4. The molecule has 100 valence electrons. The van der Waals surface area contributed by atoms with Gasteiger partial charge in [-0.15, -0.1) is 11.6 Å². The summed E-state index contributed by atoms with van der Waals surface area (Å²) in [6.07, 6.45) is 0. The van der Waals surface area contributed by atoms with Gasteiger partial charge in [0.25, 0.3) is 0 Å². The highest BCUT2D eigenvalue weighted by molar-refractivity contribution is 6.30. The predicted octanol–water partition coefficient (Wildman–Crippen LogP) is 5.39. The van der Waals surface area contributed by atoms with E-state index in [0.717, 1.165) is 11.3 Å². The van der Waals surface area contributed by atoms with E-state index in [1.807, 2.05) is 31.2 Å². The summed E-state index contributed by atoms with van der Waals surface area (Å²) in [6.45, 7) is 2.27. The van der Waals surface area contributed by atoms with Crippen molar-refractivity contribution in [1.29, 1.82) is 0 Å². The van der Waals surface area contributed by atoms with Crippen LogP contribution < -0.4 is 5.32 Å². The first-order valence-corrected chi connectivity index (χ1v) is 6.80. The Morgan fingerprint density at radius 1 is 1.21 bits per heavy atom. The number of hydrogen-bond acceptors (Lipinski definition) is 1. The van der Waals surface area contributed by atoms with Gasteiger partial charge in [0.1, 0.15) is 5.82 Å². The van der Waals surface area contributed by atoms with Crippen molar-refractivity contribution in [1.82, 2.24) is 0 Å². The first-order valence-electron chi connectivity index (χ1n) is 5.98. The fraction of sp³-hybridized carbons (Fsp3) is 0.200. The van der Waals surface area contributed by atoms with Crippen molar-refractivity contribution in [2.75, 3.05) is 5.32 Å². The lowest BCUT2D eigenvalue weighted by atomic mass is 10.1. The molecular weight excluding hydrogens is 284 g/mol. The average Bonchev–Trinajstić information content (AvgIpc) is 2.40. The standard InChI is InChI=1S/C15H14Cl2FN/c1-10(16)13-4-2-3-5-15(13)19-9-11-8-12(17)6-7-14(11)18/h2-8,10,19H,9H2,1H3. The van der Waals surface area contributed by atoms with Gasteiger partial charge >= 0.3 is 0 Å². The van der Waals surface area contributed by atoms with Crippen LogP contribution in [0.15, 0.2) is 42.5 Å².